The van der Waals surface area contributed by atoms with E-state index in [1.165, 1.54) is 0 Å². The summed E-state index contributed by atoms with van der Waals surface area (Å²) in [5.41, 5.74) is 0.622. The molecule has 0 N–H and O–H groups in total. The molecule has 0 saturated carbocycles. The van der Waals surface area contributed by atoms with Crippen molar-refractivity contribution in [1.82, 2.24) is 7.36 Å². The average molecular weight is 389 g/mol. The summed E-state index contributed by atoms with van der Waals surface area (Å²) in [7, 11) is 0. The minimum atomic E-state index is 0.585. The number of imidazole rings is 1. The molecule has 5 heteroatoms. The predicted octanol–water partition coefficient (Wildman–Crippen LogP) is 1.48. The summed E-state index contributed by atoms with van der Waals surface area (Å²) in [6.45, 7) is 0. The zero-order valence-electron chi connectivity index (χ0n) is 7.79. The van der Waals surface area contributed by atoms with Crippen LogP contribution in [0.5, 0.6) is 11.6 Å². The van der Waals surface area contributed by atoms with E-state index in [1.54, 1.807) is 30.6 Å². The fraction of sp³-hybridized carbons (Fsp3) is 0. The van der Waals surface area contributed by atoms with Gasteiger partial charge in [-0.15, -0.1) is 0 Å². The quantitative estimate of drug-likeness (QED) is 0.733. The van der Waals surface area contributed by atoms with Gasteiger partial charge in [-0.05, 0) is 0 Å². The van der Waals surface area contributed by atoms with E-state index in [0.29, 0.717) is 43.3 Å². The van der Waals surface area contributed by atoms with Crippen LogP contribution in [0.15, 0.2) is 36.8 Å². The maximum atomic E-state index is 8.62. The molecule has 2 rings (SSSR count). The molecule has 0 radical (unpaired) electrons. The van der Waals surface area contributed by atoms with Crippen molar-refractivity contribution in [1.29, 1.82) is 5.26 Å². The molecule has 0 spiro atoms. The van der Waals surface area contributed by atoms with E-state index in [9.17, 15) is 0 Å². The number of nitriles is 1. The second-order valence-electron chi connectivity index (χ2n) is 2.90. The molecule has 0 bridgehead atoms. The van der Waals surface area contributed by atoms with E-state index < -0.39 is 0 Å². The van der Waals surface area contributed by atoms with E-state index in [2.05, 4.69) is 11.1 Å². The summed E-state index contributed by atoms with van der Waals surface area (Å²) in [6.07, 6.45) is 3.59. The standard InChI is InChI=1S/C10H6N3O.Tl/c11-5-8-1-3-9(4-2-8)14-10-6-12-7-13-10;/h1-4,6-7H;/q-1;+1. The van der Waals surface area contributed by atoms with Gasteiger partial charge >= 0.3 is 103 Å². The monoisotopic (exact) mass is 389 g/mol. The Kier molecular flexibility index (Phi) is 3.01. The summed E-state index contributed by atoms with van der Waals surface area (Å²) in [4.78, 5) is 4.07. The van der Waals surface area contributed by atoms with Crippen molar-refractivity contribution in [2.75, 3.05) is 0 Å². The summed E-state index contributed by atoms with van der Waals surface area (Å²) in [5.74, 6) is 1.28. The number of aromatic nitrogens is 2. The van der Waals surface area contributed by atoms with Crippen molar-refractivity contribution >= 4 is 26.1 Å². The van der Waals surface area contributed by atoms with Gasteiger partial charge in [-0.25, -0.2) is 0 Å². The maximum absolute atomic E-state index is 8.62. The molecule has 0 atom stereocenters. The van der Waals surface area contributed by atoms with Crippen LogP contribution in [0, 0.1) is 11.3 Å². The molecule has 70 valence electrons. The van der Waals surface area contributed by atoms with Crippen LogP contribution in [-0.2, 0) is 0 Å². The Morgan fingerprint density at radius 1 is 1.33 bits per heavy atom. The molecular formula is C10H6N3OTl. The first-order valence-electron chi connectivity index (χ1n) is 4.25. The third kappa shape index (κ3) is 2.56. The van der Waals surface area contributed by atoms with Gasteiger partial charge in [0.25, 0.3) is 0 Å². The Balaban J connectivity index is 2.15. The third-order valence-electron chi connectivity index (χ3n) is 1.78. The van der Waals surface area contributed by atoms with Gasteiger partial charge in [0.2, 0.25) is 0 Å². The van der Waals surface area contributed by atoms with E-state index in [1.807, 2.05) is 8.57 Å². The summed E-state index contributed by atoms with van der Waals surface area (Å²) >= 11 is 0.695. The first-order valence-corrected chi connectivity index (χ1v) is 6.26. The zero-order valence-corrected chi connectivity index (χ0v) is 12.3. The molecule has 1 aromatic heterocycles. The molecule has 1 aromatic carbocycles. The second kappa shape index (κ2) is 4.44. The van der Waals surface area contributed by atoms with Crippen molar-refractivity contribution in [2.24, 2.45) is 0 Å². The summed E-state index contributed by atoms with van der Waals surface area (Å²) in [5, 5.41) is 8.62. The number of nitrogens with zero attached hydrogens (tertiary/aromatic N) is 3. The average Bonchev–Trinajstić information content (AvgIpc) is 2.65. The molecular weight excluding hydrogens is 383 g/mol. The normalized spacial score (nSPS) is 9.47. The van der Waals surface area contributed by atoms with Crippen LogP contribution < -0.4 is 4.74 Å². The van der Waals surface area contributed by atoms with Crippen LogP contribution in [0.3, 0.4) is 0 Å². The third-order valence-corrected chi connectivity index (χ3v) is 2.88. The molecule has 0 fully saturated rings. The topological polar surface area (TPSA) is 50.8 Å². The van der Waals surface area contributed by atoms with Crippen molar-refractivity contribution in [3.63, 3.8) is 0 Å². The number of hydrogen-bond acceptors (Lipinski definition) is 3. The van der Waals surface area contributed by atoms with Gasteiger partial charge in [0.1, 0.15) is 0 Å². The molecule has 0 aliphatic heterocycles. The van der Waals surface area contributed by atoms with Gasteiger partial charge in [0.05, 0.1) is 0 Å². The Morgan fingerprint density at radius 2 is 2.07 bits per heavy atom. The molecule has 4 nitrogen and oxygen atoms in total. The van der Waals surface area contributed by atoms with Crippen LogP contribution in [0.4, 0.5) is 0 Å². The Hall–Kier alpha value is -1.36. The van der Waals surface area contributed by atoms with Gasteiger partial charge in [0.15, 0.2) is 0 Å². The van der Waals surface area contributed by atoms with Crippen LogP contribution in [-0.4, -0.2) is 33.4 Å². The Morgan fingerprint density at radius 3 is 2.60 bits per heavy atom. The van der Waals surface area contributed by atoms with Crippen LogP contribution in [0.1, 0.15) is 5.56 Å². The number of rotatable bonds is 2. The van der Waals surface area contributed by atoms with Crippen molar-refractivity contribution in [3.8, 4) is 17.7 Å². The van der Waals surface area contributed by atoms with Gasteiger partial charge in [-0.1, -0.05) is 0 Å². The van der Waals surface area contributed by atoms with Gasteiger partial charge in [0, 0.05) is 0 Å². The number of hydrogen-bond donors (Lipinski definition) is 0. The van der Waals surface area contributed by atoms with E-state index in [0.717, 1.165) is 0 Å². The Bertz CT molecular complexity index is 498. The van der Waals surface area contributed by atoms with Gasteiger partial charge in [-0.3, -0.25) is 0 Å². The van der Waals surface area contributed by atoms with Gasteiger partial charge < -0.3 is 0 Å². The molecule has 2 aromatic rings. The predicted molar refractivity (Wildman–Crippen MR) is 54.6 cm³/mol. The zero-order chi connectivity index (χ0) is 10.7. The van der Waals surface area contributed by atoms with E-state index >= 15 is 0 Å². The number of benzene rings is 1. The minimum absolute atomic E-state index is 0.585. The molecule has 0 aliphatic carbocycles. The number of ether oxygens (including phenoxy) is 1. The van der Waals surface area contributed by atoms with Crippen molar-refractivity contribution < 1.29 is 4.74 Å². The molecule has 0 unspecified atom stereocenters. The molecule has 0 amide bonds. The molecule has 0 aliphatic rings. The fourth-order valence-electron chi connectivity index (χ4n) is 1.09. The van der Waals surface area contributed by atoms with E-state index in [-0.39, 0.29) is 0 Å². The first-order chi connectivity index (χ1) is 7.28. The van der Waals surface area contributed by atoms with Gasteiger partial charge in [-0.2, -0.15) is 0 Å². The Labute approximate surface area is 103 Å². The SMILES string of the molecule is N#Cc1ccc(Oc2c[n]([Tl])cn2)cc1. The van der Waals surface area contributed by atoms with Crippen LogP contribution >= 0.6 is 0 Å². The summed E-state index contributed by atoms with van der Waals surface area (Å²) in [6, 6.07) is 9.00. The fourth-order valence-corrected chi connectivity index (χ4v) is 1.84. The molecule has 15 heavy (non-hydrogen) atoms. The van der Waals surface area contributed by atoms with Crippen LogP contribution in [0.25, 0.3) is 0 Å². The van der Waals surface area contributed by atoms with Crippen LogP contribution in [0.2, 0.25) is 0 Å². The van der Waals surface area contributed by atoms with Crippen molar-refractivity contribution in [3.05, 3.63) is 42.4 Å². The second-order valence-corrected chi connectivity index (χ2v) is 5.22. The van der Waals surface area contributed by atoms with E-state index in [4.69, 9.17) is 10.00 Å². The van der Waals surface area contributed by atoms with Crippen molar-refractivity contribution in [2.45, 2.75) is 0 Å². The molecule has 1 heterocycles. The first kappa shape index (κ1) is 10.2. The summed E-state index contributed by atoms with van der Waals surface area (Å²) < 4.78 is 7.46. The molecule has 0 saturated heterocycles.